The first-order valence-electron chi connectivity index (χ1n) is 10.7. The third-order valence-electron chi connectivity index (χ3n) is 5.22. The fourth-order valence-electron chi connectivity index (χ4n) is 3.24. The van der Waals surface area contributed by atoms with Crippen molar-refractivity contribution >= 4 is 37.3 Å². The average Bonchev–Trinajstić information content (AvgIpc) is 2.88. The number of hydrogen-bond donors (Lipinski definition) is 2. The Morgan fingerprint density at radius 1 is 0.861 bits per heavy atom. The molecule has 192 valence electrons. The van der Waals surface area contributed by atoms with Crippen molar-refractivity contribution in [2.45, 2.75) is 16.2 Å². The van der Waals surface area contributed by atoms with Gasteiger partial charge in [-0.3, -0.25) is 9.10 Å². The molecule has 0 spiro atoms. The van der Waals surface area contributed by atoms with E-state index in [1.54, 1.807) is 42.5 Å². The van der Waals surface area contributed by atoms with E-state index in [0.717, 1.165) is 4.31 Å². The highest BCUT2D eigenvalue weighted by Crippen LogP contribution is 2.33. The van der Waals surface area contributed by atoms with Crippen molar-refractivity contribution in [1.82, 2.24) is 4.72 Å². The van der Waals surface area contributed by atoms with E-state index in [1.807, 2.05) is 0 Å². The van der Waals surface area contributed by atoms with E-state index in [0.29, 0.717) is 11.4 Å². The number of ether oxygens (including phenoxy) is 2. The molecular weight excluding hydrogens is 506 g/mol. The standard InChI is InChI=1S/C24H27N3O7S2/c1-27(36(31,32)20-7-5-4-6-8-20)22-17-21(13-14-23(22)34-3)35(29,30)25-16-15-24(28)26-18-9-11-19(33-2)12-10-18/h4-14,17,25H,15-16H2,1-3H3,(H,26,28). The minimum atomic E-state index is -4.05. The monoisotopic (exact) mass is 533 g/mol. The molecule has 12 heteroatoms. The summed E-state index contributed by atoms with van der Waals surface area (Å²) in [5, 5.41) is 2.67. The van der Waals surface area contributed by atoms with Gasteiger partial charge >= 0.3 is 0 Å². The lowest BCUT2D eigenvalue weighted by atomic mass is 10.3. The first kappa shape index (κ1) is 27.0. The maximum atomic E-state index is 13.0. The largest absolute Gasteiger partial charge is 0.497 e. The maximum Gasteiger partial charge on any atom is 0.264 e. The fourth-order valence-corrected chi connectivity index (χ4v) is 5.51. The van der Waals surface area contributed by atoms with Gasteiger partial charge in [-0.05, 0) is 54.6 Å². The average molecular weight is 534 g/mol. The molecule has 1 amide bonds. The van der Waals surface area contributed by atoms with Crippen molar-refractivity contribution in [2.75, 3.05) is 37.4 Å². The first-order chi connectivity index (χ1) is 17.1. The topological polar surface area (TPSA) is 131 Å². The van der Waals surface area contributed by atoms with Crippen LogP contribution in [0.4, 0.5) is 11.4 Å². The Labute approximate surface area is 211 Å². The van der Waals surface area contributed by atoms with Crippen molar-refractivity contribution in [3.05, 3.63) is 72.8 Å². The number of sulfonamides is 2. The van der Waals surface area contributed by atoms with E-state index in [1.165, 1.54) is 51.6 Å². The molecule has 0 heterocycles. The van der Waals surface area contributed by atoms with Crippen LogP contribution < -0.4 is 23.8 Å². The Kier molecular flexibility index (Phi) is 8.56. The van der Waals surface area contributed by atoms with E-state index < -0.39 is 20.0 Å². The summed E-state index contributed by atoms with van der Waals surface area (Å²) in [4.78, 5) is 12.1. The predicted molar refractivity (Wildman–Crippen MR) is 136 cm³/mol. The molecule has 2 N–H and O–H groups in total. The van der Waals surface area contributed by atoms with Gasteiger partial charge in [0, 0.05) is 25.7 Å². The number of benzene rings is 3. The Hall–Kier alpha value is -3.61. The number of carbonyl (C=O) groups excluding carboxylic acids is 1. The number of nitrogens with one attached hydrogen (secondary N) is 2. The summed E-state index contributed by atoms with van der Waals surface area (Å²) in [6.45, 7) is -0.163. The zero-order valence-corrected chi connectivity index (χ0v) is 21.6. The number of hydrogen-bond acceptors (Lipinski definition) is 7. The molecule has 0 saturated heterocycles. The molecule has 0 bridgehead atoms. The second-order valence-electron chi connectivity index (χ2n) is 7.54. The van der Waals surface area contributed by atoms with Crippen LogP contribution >= 0.6 is 0 Å². The Morgan fingerprint density at radius 2 is 1.53 bits per heavy atom. The Balaban J connectivity index is 1.72. The molecular formula is C24H27N3O7S2. The maximum absolute atomic E-state index is 13.0. The molecule has 10 nitrogen and oxygen atoms in total. The predicted octanol–water partition coefficient (Wildman–Crippen LogP) is 2.84. The van der Waals surface area contributed by atoms with Gasteiger partial charge in [0.15, 0.2) is 0 Å². The van der Waals surface area contributed by atoms with Gasteiger partial charge in [-0.1, -0.05) is 18.2 Å². The zero-order valence-electron chi connectivity index (χ0n) is 20.0. The summed E-state index contributed by atoms with van der Waals surface area (Å²) in [5.41, 5.74) is 0.590. The lowest BCUT2D eigenvalue weighted by Gasteiger charge is -2.22. The summed E-state index contributed by atoms with van der Waals surface area (Å²) >= 11 is 0. The van der Waals surface area contributed by atoms with E-state index in [9.17, 15) is 21.6 Å². The fraction of sp³-hybridized carbons (Fsp3) is 0.208. The summed E-state index contributed by atoms with van der Waals surface area (Å²) in [5.74, 6) is 0.434. The second-order valence-corrected chi connectivity index (χ2v) is 11.3. The van der Waals surface area contributed by atoms with Crippen LogP contribution in [0.15, 0.2) is 82.6 Å². The number of carbonyl (C=O) groups is 1. The van der Waals surface area contributed by atoms with Gasteiger partial charge in [-0.15, -0.1) is 0 Å². The molecule has 0 radical (unpaired) electrons. The minimum absolute atomic E-state index is 0.0430. The molecule has 0 aromatic heterocycles. The normalized spacial score (nSPS) is 11.5. The third kappa shape index (κ3) is 6.33. The van der Waals surface area contributed by atoms with Crippen LogP contribution in [0.5, 0.6) is 11.5 Å². The van der Waals surface area contributed by atoms with Crippen LogP contribution in [0, 0.1) is 0 Å². The lowest BCUT2D eigenvalue weighted by Crippen LogP contribution is -2.29. The molecule has 0 aliphatic rings. The van der Waals surface area contributed by atoms with E-state index in [-0.39, 0.29) is 40.1 Å². The van der Waals surface area contributed by atoms with Crippen LogP contribution in [0.3, 0.4) is 0 Å². The highest BCUT2D eigenvalue weighted by molar-refractivity contribution is 7.92. The van der Waals surface area contributed by atoms with Crippen LogP contribution in [0.1, 0.15) is 6.42 Å². The zero-order chi connectivity index (χ0) is 26.3. The molecule has 0 aliphatic carbocycles. The molecule has 0 aliphatic heterocycles. The molecule has 0 atom stereocenters. The first-order valence-corrected chi connectivity index (χ1v) is 13.7. The van der Waals surface area contributed by atoms with Crippen LogP contribution in [0.25, 0.3) is 0 Å². The molecule has 0 fully saturated rings. The van der Waals surface area contributed by atoms with Gasteiger partial charge in [0.05, 0.1) is 29.7 Å². The van der Waals surface area contributed by atoms with Gasteiger partial charge in [0.2, 0.25) is 15.9 Å². The molecule has 3 aromatic carbocycles. The van der Waals surface area contributed by atoms with Gasteiger partial charge in [-0.2, -0.15) is 0 Å². The number of methoxy groups -OCH3 is 2. The van der Waals surface area contributed by atoms with E-state index >= 15 is 0 Å². The SMILES string of the molecule is COc1ccc(NC(=O)CCNS(=O)(=O)c2ccc(OC)c(N(C)S(=O)(=O)c3ccccc3)c2)cc1. The lowest BCUT2D eigenvalue weighted by molar-refractivity contribution is -0.116. The molecule has 0 saturated carbocycles. The van der Waals surface area contributed by atoms with E-state index in [2.05, 4.69) is 10.0 Å². The highest BCUT2D eigenvalue weighted by Gasteiger charge is 2.26. The van der Waals surface area contributed by atoms with Crippen LogP contribution in [-0.4, -0.2) is 50.6 Å². The molecule has 3 rings (SSSR count). The smallest absolute Gasteiger partial charge is 0.264 e. The summed E-state index contributed by atoms with van der Waals surface area (Å²) in [7, 11) is -3.82. The molecule has 3 aromatic rings. The van der Waals surface area contributed by atoms with Gasteiger partial charge in [0.1, 0.15) is 11.5 Å². The second kappa shape index (κ2) is 11.4. The van der Waals surface area contributed by atoms with Gasteiger partial charge < -0.3 is 14.8 Å². The molecule has 36 heavy (non-hydrogen) atoms. The minimum Gasteiger partial charge on any atom is -0.497 e. The van der Waals surface area contributed by atoms with Crippen molar-refractivity contribution < 1.29 is 31.1 Å². The van der Waals surface area contributed by atoms with Crippen molar-refractivity contribution in [1.29, 1.82) is 0 Å². The summed E-state index contributed by atoms with van der Waals surface area (Å²) < 4.78 is 65.5. The summed E-state index contributed by atoms with van der Waals surface area (Å²) in [6.07, 6.45) is -0.115. The molecule has 0 unspecified atom stereocenters. The van der Waals surface area contributed by atoms with Crippen molar-refractivity contribution in [3.63, 3.8) is 0 Å². The Morgan fingerprint density at radius 3 is 2.14 bits per heavy atom. The summed E-state index contributed by atoms with van der Waals surface area (Å²) in [6, 6.07) is 18.3. The Bertz CT molecular complexity index is 1410. The van der Waals surface area contributed by atoms with Crippen molar-refractivity contribution in [2.24, 2.45) is 0 Å². The number of anilines is 2. The van der Waals surface area contributed by atoms with Gasteiger partial charge in [0.25, 0.3) is 10.0 Å². The number of amides is 1. The van der Waals surface area contributed by atoms with E-state index in [4.69, 9.17) is 9.47 Å². The van der Waals surface area contributed by atoms with Crippen molar-refractivity contribution in [3.8, 4) is 11.5 Å². The number of rotatable bonds is 11. The van der Waals surface area contributed by atoms with Crippen LogP contribution in [-0.2, 0) is 24.8 Å². The van der Waals surface area contributed by atoms with Gasteiger partial charge in [-0.25, -0.2) is 21.6 Å². The highest BCUT2D eigenvalue weighted by atomic mass is 32.2. The third-order valence-corrected chi connectivity index (χ3v) is 8.46. The van der Waals surface area contributed by atoms with Crippen LogP contribution in [0.2, 0.25) is 0 Å². The quantitative estimate of drug-likeness (QED) is 0.387. The number of nitrogens with zero attached hydrogens (tertiary/aromatic N) is 1.